The van der Waals surface area contributed by atoms with E-state index in [1.165, 1.54) is 0 Å². The molecule has 3 aromatic rings. The highest BCUT2D eigenvalue weighted by Crippen LogP contribution is 2.29. The lowest BCUT2D eigenvalue weighted by Crippen LogP contribution is -2.25. The molecule has 0 bridgehead atoms. The van der Waals surface area contributed by atoms with Crippen molar-refractivity contribution in [2.24, 2.45) is 0 Å². The van der Waals surface area contributed by atoms with E-state index in [1.807, 2.05) is 54.6 Å². The number of amides is 2. The number of fused-ring (bicyclic) bond motifs is 1. The van der Waals surface area contributed by atoms with E-state index in [0.717, 1.165) is 17.2 Å². The Morgan fingerprint density at radius 2 is 1.66 bits per heavy atom. The van der Waals surface area contributed by atoms with Crippen LogP contribution in [0.15, 0.2) is 66.7 Å². The fraction of sp³-hybridized carbons (Fsp3) is 0.208. The van der Waals surface area contributed by atoms with Crippen LogP contribution in [0.4, 0.5) is 11.4 Å². The van der Waals surface area contributed by atoms with Crippen molar-refractivity contribution in [1.82, 2.24) is 0 Å². The molecule has 29 heavy (non-hydrogen) atoms. The zero-order valence-electron chi connectivity index (χ0n) is 16.1. The molecule has 0 spiro atoms. The van der Waals surface area contributed by atoms with Gasteiger partial charge in [0.25, 0.3) is 0 Å². The van der Waals surface area contributed by atoms with Gasteiger partial charge in [-0.2, -0.15) is 0 Å². The highest BCUT2D eigenvalue weighted by molar-refractivity contribution is 6.04. The van der Waals surface area contributed by atoms with E-state index >= 15 is 0 Å². The molecule has 146 valence electrons. The third kappa shape index (κ3) is 4.19. The predicted octanol–water partition coefficient (Wildman–Crippen LogP) is 4.57. The van der Waals surface area contributed by atoms with Crippen molar-refractivity contribution < 1.29 is 14.4 Å². The summed E-state index contributed by atoms with van der Waals surface area (Å²) < 4.78 is 0. The van der Waals surface area contributed by atoms with Crippen LogP contribution in [0.3, 0.4) is 0 Å². The van der Waals surface area contributed by atoms with Gasteiger partial charge in [0.2, 0.25) is 11.8 Å². The highest BCUT2D eigenvalue weighted by Gasteiger charge is 2.24. The van der Waals surface area contributed by atoms with E-state index in [-0.39, 0.29) is 30.4 Å². The largest absolute Gasteiger partial charge is 0.324 e. The molecule has 1 saturated heterocycles. The summed E-state index contributed by atoms with van der Waals surface area (Å²) in [5, 5.41) is 4.94. The number of carbonyl (C=O) groups is 3. The van der Waals surface area contributed by atoms with Gasteiger partial charge in [-0.05, 0) is 35.4 Å². The number of hydrogen-bond acceptors (Lipinski definition) is 3. The smallest absolute Gasteiger partial charge is 0.227 e. The lowest BCUT2D eigenvalue weighted by molar-refractivity contribution is -0.117. The number of carbonyl (C=O) groups excluding carboxylic acids is 3. The zero-order chi connectivity index (χ0) is 20.2. The van der Waals surface area contributed by atoms with Gasteiger partial charge in [0.05, 0.1) is 11.4 Å². The maximum Gasteiger partial charge on any atom is 0.227 e. The average molecular weight is 386 g/mol. The number of ketones is 1. The molecular formula is C24H22N2O3. The molecule has 0 saturated carbocycles. The summed E-state index contributed by atoms with van der Waals surface area (Å²) in [7, 11) is 0. The van der Waals surface area contributed by atoms with Crippen molar-refractivity contribution in [2.75, 3.05) is 16.8 Å². The minimum atomic E-state index is -0.238. The number of nitrogens with zero attached hydrogens (tertiary/aromatic N) is 1. The first-order valence-corrected chi connectivity index (χ1v) is 9.83. The SMILES string of the molecule is O=C(CCC(=O)c1ccc2ccccc2c1)Nc1ccccc1N1CCCC1=O. The molecule has 5 heteroatoms. The maximum atomic E-state index is 12.5. The lowest BCUT2D eigenvalue weighted by atomic mass is 10.0. The predicted molar refractivity (Wildman–Crippen MR) is 114 cm³/mol. The summed E-state index contributed by atoms with van der Waals surface area (Å²) in [6, 6.07) is 20.7. The van der Waals surface area contributed by atoms with Crippen LogP contribution in [0.1, 0.15) is 36.0 Å². The molecule has 0 aromatic heterocycles. The van der Waals surface area contributed by atoms with E-state index in [4.69, 9.17) is 0 Å². The molecule has 1 aliphatic heterocycles. The molecule has 1 heterocycles. The molecule has 1 N–H and O–H groups in total. The van der Waals surface area contributed by atoms with Crippen LogP contribution in [0, 0.1) is 0 Å². The van der Waals surface area contributed by atoms with Crippen LogP contribution < -0.4 is 10.2 Å². The van der Waals surface area contributed by atoms with Crippen molar-refractivity contribution in [3.05, 3.63) is 72.3 Å². The second-order valence-electron chi connectivity index (χ2n) is 7.20. The number of rotatable bonds is 6. The number of Topliss-reactive ketones (excluding diaryl/α,β-unsaturated/α-hetero) is 1. The zero-order valence-corrected chi connectivity index (χ0v) is 16.1. The Morgan fingerprint density at radius 1 is 0.897 bits per heavy atom. The Morgan fingerprint density at radius 3 is 2.45 bits per heavy atom. The molecule has 1 fully saturated rings. The van der Waals surface area contributed by atoms with Crippen molar-refractivity contribution >= 4 is 39.7 Å². The second-order valence-corrected chi connectivity index (χ2v) is 7.20. The van der Waals surface area contributed by atoms with Crippen molar-refractivity contribution in [3.63, 3.8) is 0 Å². The molecule has 0 unspecified atom stereocenters. The molecule has 1 aliphatic rings. The van der Waals surface area contributed by atoms with Crippen LogP contribution >= 0.6 is 0 Å². The Bertz CT molecular complexity index is 1090. The average Bonchev–Trinajstić information content (AvgIpc) is 3.17. The van der Waals surface area contributed by atoms with Gasteiger partial charge >= 0.3 is 0 Å². The number of hydrogen-bond donors (Lipinski definition) is 1. The molecular weight excluding hydrogens is 364 g/mol. The second kappa shape index (κ2) is 8.27. The van der Waals surface area contributed by atoms with Gasteiger partial charge in [0, 0.05) is 31.4 Å². The van der Waals surface area contributed by atoms with E-state index in [9.17, 15) is 14.4 Å². The summed E-state index contributed by atoms with van der Waals surface area (Å²) in [4.78, 5) is 38.7. The molecule has 4 rings (SSSR count). The van der Waals surface area contributed by atoms with Crippen LogP contribution in [0.25, 0.3) is 10.8 Å². The standard InChI is InChI=1S/C24H22N2O3/c27-22(19-12-11-17-6-1-2-7-18(17)16-19)13-14-23(28)25-20-8-3-4-9-21(20)26-15-5-10-24(26)29/h1-4,6-9,11-12,16H,5,10,13-15H2,(H,25,28). The van der Waals surface area contributed by atoms with Gasteiger partial charge in [-0.25, -0.2) is 0 Å². The van der Waals surface area contributed by atoms with Gasteiger partial charge in [0.1, 0.15) is 0 Å². The lowest BCUT2D eigenvalue weighted by Gasteiger charge is -2.19. The number of benzene rings is 3. The van der Waals surface area contributed by atoms with Gasteiger partial charge in [-0.15, -0.1) is 0 Å². The number of nitrogens with one attached hydrogen (secondary N) is 1. The van der Waals surface area contributed by atoms with E-state index < -0.39 is 0 Å². The molecule has 2 amide bonds. The topological polar surface area (TPSA) is 66.5 Å². The quantitative estimate of drug-likeness (QED) is 0.631. The molecule has 0 radical (unpaired) electrons. The van der Waals surface area contributed by atoms with Gasteiger partial charge in [-0.1, -0.05) is 48.5 Å². The first-order valence-electron chi connectivity index (χ1n) is 9.83. The minimum Gasteiger partial charge on any atom is -0.324 e. The normalized spacial score (nSPS) is 13.7. The summed E-state index contributed by atoms with van der Waals surface area (Å²) in [6.07, 6.45) is 1.58. The monoisotopic (exact) mass is 386 g/mol. The van der Waals surface area contributed by atoms with Gasteiger partial charge < -0.3 is 10.2 Å². The number of anilines is 2. The van der Waals surface area contributed by atoms with E-state index in [2.05, 4.69) is 5.32 Å². The Labute approximate surface area is 169 Å². The van der Waals surface area contributed by atoms with Crippen molar-refractivity contribution in [1.29, 1.82) is 0 Å². The first kappa shape index (κ1) is 18.9. The van der Waals surface area contributed by atoms with Crippen LogP contribution in [0.2, 0.25) is 0 Å². The van der Waals surface area contributed by atoms with Crippen molar-refractivity contribution in [2.45, 2.75) is 25.7 Å². The van der Waals surface area contributed by atoms with Gasteiger partial charge in [0.15, 0.2) is 5.78 Å². The number of para-hydroxylation sites is 2. The Kier molecular flexibility index (Phi) is 5.38. The molecule has 0 aliphatic carbocycles. The molecule has 0 atom stereocenters. The summed E-state index contributed by atoms with van der Waals surface area (Å²) in [5.74, 6) is -0.231. The van der Waals surface area contributed by atoms with Crippen molar-refractivity contribution in [3.8, 4) is 0 Å². The van der Waals surface area contributed by atoms with Crippen LogP contribution in [-0.4, -0.2) is 24.1 Å². The van der Waals surface area contributed by atoms with E-state index in [0.29, 0.717) is 29.9 Å². The minimum absolute atomic E-state index is 0.0612. The summed E-state index contributed by atoms with van der Waals surface area (Å²) in [5.41, 5.74) is 1.93. The van der Waals surface area contributed by atoms with Gasteiger partial charge in [-0.3, -0.25) is 14.4 Å². The Hall–Kier alpha value is -3.47. The molecule has 5 nitrogen and oxygen atoms in total. The third-order valence-electron chi connectivity index (χ3n) is 5.19. The molecule has 3 aromatic carbocycles. The first-order chi connectivity index (χ1) is 14.1. The fourth-order valence-corrected chi connectivity index (χ4v) is 3.66. The van der Waals surface area contributed by atoms with E-state index in [1.54, 1.807) is 17.0 Å². The summed E-state index contributed by atoms with van der Waals surface area (Å²) >= 11 is 0. The van der Waals surface area contributed by atoms with Crippen LogP contribution in [0.5, 0.6) is 0 Å². The summed E-state index contributed by atoms with van der Waals surface area (Å²) in [6.45, 7) is 0.659. The maximum absolute atomic E-state index is 12.5. The third-order valence-corrected chi connectivity index (χ3v) is 5.19. The fourth-order valence-electron chi connectivity index (χ4n) is 3.66. The Balaban J connectivity index is 1.40. The van der Waals surface area contributed by atoms with Crippen LogP contribution in [-0.2, 0) is 9.59 Å². The highest BCUT2D eigenvalue weighted by atomic mass is 16.2.